The van der Waals surface area contributed by atoms with E-state index in [4.69, 9.17) is 5.14 Å². The van der Waals surface area contributed by atoms with E-state index < -0.39 is 21.4 Å². The molecule has 152 valence electrons. The Morgan fingerprint density at radius 1 is 1.18 bits per heavy atom. The van der Waals surface area contributed by atoms with Gasteiger partial charge in [0.25, 0.3) is 0 Å². The number of nitrogens with two attached hydrogens (primary N) is 1. The summed E-state index contributed by atoms with van der Waals surface area (Å²) in [5, 5.41) is 28.5. The third kappa shape index (κ3) is 4.38. The highest BCUT2D eigenvalue weighted by Gasteiger charge is 2.33. The summed E-state index contributed by atoms with van der Waals surface area (Å²) in [6, 6.07) is 12.9. The van der Waals surface area contributed by atoms with Crippen molar-refractivity contribution in [2.75, 3.05) is 6.54 Å². The second-order valence-corrected chi connectivity index (χ2v) is 9.63. The maximum Gasteiger partial charge on any atom is 0.216 e. The fourth-order valence-corrected chi connectivity index (χ4v) is 5.07. The number of aliphatic hydroxyl groups excluding tert-OH is 1. The number of rotatable bonds is 7. The molecule has 2 aromatic rings. The largest absolute Gasteiger partial charge is 0.508 e. The number of nitrogens with one attached hydrogen (secondary N) is 1. The standard InChI is InChI=1S/C21H28N2O4S/c1-3-20(28(22,26)27)17-10-14(8-9-18(17)24)19(25)13-23-21(2)11-15-6-4-5-7-16(15)12-21/h4-10,19-20,23-25H,3,11-13H2,1-2H3,(H2,22,26,27)/t19-,20?/m0/s1. The van der Waals surface area contributed by atoms with E-state index in [0.717, 1.165) is 12.8 Å². The van der Waals surface area contributed by atoms with E-state index >= 15 is 0 Å². The summed E-state index contributed by atoms with van der Waals surface area (Å²) in [4.78, 5) is 0. The van der Waals surface area contributed by atoms with Crippen LogP contribution in [0, 0.1) is 0 Å². The molecule has 0 aromatic heterocycles. The van der Waals surface area contributed by atoms with Crippen LogP contribution in [0.4, 0.5) is 0 Å². The summed E-state index contributed by atoms with van der Waals surface area (Å²) in [7, 11) is -3.86. The molecule has 6 nitrogen and oxygen atoms in total. The van der Waals surface area contributed by atoms with Crippen LogP contribution in [0.5, 0.6) is 5.75 Å². The first-order valence-corrected chi connectivity index (χ1v) is 11.1. The normalized spacial score (nSPS) is 17.9. The molecule has 3 rings (SSSR count). The van der Waals surface area contributed by atoms with E-state index in [2.05, 4.69) is 24.4 Å². The lowest BCUT2D eigenvalue weighted by atomic mass is 9.97. The fraction of sp³-hybridized carbons (Fsp3) is 0.429. The molecule has 0 heterocycles. The van der Waals surface area contributed by atoms with Crippen LogP contribution in [0.3, 0.4) is 0 Å². The average Bonchev–Trinajstić information content (AvgIpc) is 2.97. The van der Waals surface area contributed by atoms with Crippen LogP contribution >= 0.6 is 0 Å². The molecule has 0 aliphatic heterocycles. The van der Waals surface area contributed by atoms with Crippen LogP contribution in [0.2, 0.25) is 0 Å². The van der Waals surface area contributed by atoms with Crippen LogP contribution in [-0.4, -0.2) is 30.7 Å². The summed E-state index contributed by atoms with van der Waals surface area (Å²) in [6.45, 7) is 4.15. The Hall–Kier alpha value is -1.93. The average molecular weight is 405 g/mol. The zero-order valence-electron chi connectivity index (χ0n) is 16.2. The van der Waals surface area contributed by atoms with E-state index in [9.17, 15) is 18.6 Å². The quantitative estimate of drug-likeness (QED) is 0.566. The molecular weight excluding hydrogens is 376 g/mol. The van der Waals surface area contributed by atoms with Crippen LogP contribution < -0.4 is 10.5 Å². The van der Waals surface area contributed by atoms with Crippen molar-refractivity contribution in [3.05, 3.63) is 64.7 Å². The molecule has 0 saturated heterocycles. The zero-order valence-corrected chi connectivity index (χ0v) is 17.0. The number of phenols is 1. The molecule has 1 aliphatic rings. The minimum Gasteiger partial charge on any atom is -0.508 e. The van der Waals surface area contributed by atoms with Gasteiger partial charge in [0.05, 0.1) is 6.10 Å². The number of phenolic OH excluding ortho intramolecular Hbond substituents is 1. The van der Waals surface area contributed by atoms with Crippen molar-refractivity contribution >= 4 is 10.0 Å². The Balaban J connectivity index is 1.73. The van der Waals surface area contributed by atoms with Crippen molar-refractivity contribution in [2.24, 2.45) is 5.14 Å². The molecule has 0 radical (unpaired) electrons. The molecule has 28 heavy (non-hydrogen) atoms. The van der Waals surface area contributed by atoms with Gasteiger partial charge in [0.2, 0.25) is 10.0 Å². The second kappa shape index (κ2) is 7.83. The van der Waals surface area contributed by atoms with Crippen LogP contribution in [-0.2, 0) is 22.9 Å². The molecule has 1 aliphatic carbocycles. The Kier molecular flexibility index (Phi) is 5.82. The number of primary sulfonamides is 1. The number of hydrogen-bond acceptors (Lipinski definition) is 5. The SMILES string of the molecule is CCC(c1cc([C@@H](O)CNC2(C)Cc3ccccc3C2)ccc1O)S(N)(=O)=O. The number of aliphatic hydroxyl groups is 1. The number of β-amino-alcohol motifs (C(OH)–C–C–N with tert-alkyl or cyclic N) is 1. The molecule has 0 spiro atoms. The van der Waals surface area contributed by atoms with Gasteiger partial charge in [0.1, 0.15) is 11.0 Å². The molecule has 5 N–H and O–H groups in total. The highest BCUT2D eigenvalue weighted by molar-refractivity contribution is 7.89. The van der Waals surface area contributed by atoms with Gasteiger partial charge in [0.15, 0.2) is 0 Å². The van der Waals surface area contributed by atoms with Crippen molar-refractivity contribution in [1.29, 1.82) is 0 Å². The minimum absolute atomic E-state index is 0.136. The van der Waals surface area contributed by atoms with Crippen molar-refractivity contribution < 1.29 is 18.6 Å². The fourth-order valence-electron chi connectivity index (χ4n) is 4.06. The van der Waals surface area contributed by atoms with Gasteiger partial charge >= 0.3 is 0 Å². The third-order valence-electron chi connectivity index (χ3n) is 5.55. The number of hydrogen-bond donors (Lipinski definition) is 4. The maximum atomic E-state index is 11.8. The van der Waals surface area contributed by atoms with Gasteiger partial charge in [0, 0.05) is 17.6 Å². The summed E-state index contributed by atoms with van der Waals surface area (Å²) in [6.07, 6.45) is 1.18. The molecule has 0 bridgehead atoms. The van der Waals surface area contributed by atoms with Crippen LogP contribution in [0.1, 0.15) is 53.9 Å². The molecular formula is C21H28N2O4S. The van der Waals surface area contributed by atoms with Crippen LogP contribution in [0.15, 0.2) is 42.5 Å². The van der Waals surface area contributed by atoms with Crippen molar-refractivity contribution in [1.82, 2.24) is 5.32 Å². The van der Waals surface area contributed by atoms with E-state index in [1.165, 1.54) is 23.3 Å². The first kappa shape index (κ1) is 20.8. The Labute approximate surface area is 166 Å². The zero-order chi connectivity index (χ0) is 20.5. The first-order chi connectivity index (χ1) is 13.1. The number of aromatic hydroxyl groups is 1. The maximum absolute atomic E-state index is 11.8. The van der Waals surface area contributed by atoms with E-state index in [-0.39, 0.29) is 23.3 Å². The molecule has 7 heteroatoms. The van der Waals surface area contributed by atoms with Gasteiger partial charge in [-0.3, -0.25) is 0 Å². The summed E-state index contributed by atoms with van der Waals surface area (Å²) >= 11 is 0. The third-order valence-corrected chi connectivity index (χ3v) is 6.93. The van der Waals surface area contributed by atoms with Gasteiger partial charge < -0.3 is 15.5 Å². The smallest absolute Gasteiger partial charge is 0.216 e. The number of fused-ring (bicyclic) bond motifs is 1. The monoisotopic (exact) mass is 404 g/mol. The molecule has 2 atom stereocenters. The Morgan fingerprint density at radius 3 is 2.32 bits per heavy atom. The molecule has 2 aromatic carbocycles. The van der Waals surface area contributed by atoms with Gasteiger partial charge in [-0.25, -0.2) is 13.6 Å². The second-order valence-electron chi connectivity index (χ2n) is 7.88. The highest BCUT2D eigenvalue weighted by Crippen LogP contribution is 2.34. The predicted octanol–water partition coefficient (Wildman–Crippen LogP) is 2.31. The summed E-state index contributed by atoms with van der Waals surface area (Å²) in [5.74, 6) is -0.136. The van der Waals surface area contributed by atoms with Gasteiger partial charge in [-0.15, -0.1) is 0 Å². The predicted molar refractivity (Wildman–Crippen MR) is 109 cm³/mol. The molecule has 1 unspecified atom stereocenters. The lowest BCUT2D eigenvalue weighted by molar-refractivity contribution is 0.159. The Bertz CT molecular complexity index is 934. The van der Waals surface area contributed by atoms with E-state index in [1.807, 2.05) is 12.1 Å². The van der Waals surface area contributed by atoms with Gasteiger partial charge in [-0.05, 0) is 55.0 Å². The van der Waals surface area contributed by atoms with Gasteiger partial charge in [-0.1, -0.05) is 37.3 Å². The summed E-state index contributed by atoms with van der Waals surface area (Å²) < 4.78 is 23.7. The highest BCUT2D eigenvalue weighted by atomic mass is 32.2. The van der Waals surface area contributed by atoms with Crippen molar-refractivity contribution in [3.8, 4) is 5.75 Å². The number of benzene rings is 2. The molecule has 0 saturated carbocycles. The molecule has 0 amide bonds. The Morgan fingerprint density at radius 2 is 1.79 bits per heavy atom. The summed E-state index contributed by atoms with van der Waals surface area (Å²) in [5.41, 5.74) is 3.26. The van der Waals surface area contributed by atoms with Crippen molar-refractivity contribution in [3.63, 3.8) is 0 Å². The van der Waals surface area contributed by atoms with Crippen LogP contribution in [0.25, 0.3) is 0 Å². The molecule has 0 fully saturated rings. The van der Waals surface area contributed by atoms with E-state index in [0.29, 0.717) is 12.1 Å². The van der Waals surface area contributed by atoms with E-state index in [1.54, 1.807) is 13.0 Å². The lowest BCUT2D eigenvalue weighted by Crippen LogP contribution is -2.45. The topological polar surface area (TPSA) is 113 Å². The number of sulfonamides is 1. The minimum atomic E-state index is -3.86. The first-order valence-electron chi connectivity index (χ1n) is 9.47. The lowest BCUT2D eigenvalue weighted by Gasteiger charge is -2.27. The van der Waals surface area contributed by atoms with Crippen molar-refractivity contribution in [2.45, 2.75) is 50.0 Å². The van der Waals surface area contributed by atoms with Gasteiger partial charge in [-0.2, -0.15) is 0 Å².